The van der Waals surface area contributed by atoms with Crippen molar-refractivity contribution in [3.8, 4) is 0 Å². The van der Waals surface area contributed by atoms with E-state index in [0.717, 1.165) is 25.9 Å². The number of carbonyl (C=O) groups is 1. The second-order valence-electron chi connectivity index (χ2n) is 6.96. The van der Waals surface area contributed by atoms with Gasteiger partial charge in [-0.15, -0.1) is 5.10 Å². The van der Waals surface area contributed by atoms with Crippen LogP contribution < -0.4 is 15.6 Å². The fourth-order valence-electron chi connectivity index (χ4n) is 3.45. The maximum Gasteiger partial charge on any atom is 0.341 e. The van der Waals surface area contributed by atoms with Gasteiger partial charge in [0, 0.05) is 49.1 Å². The Bertz CT molecular complexity index is 1060. The van der Waals surface area contributed by atoms with Crippen molar-refractivity contribution >= 4 is 22.6 Å². The van der Waals surface area contributed by atoms with Gasteiger partial charge in [0.2, 0.25) is 5.43 Å². The van der Waals surface area contributed by atoms with E-state index in [0.29, 0.717) is 24.3 Å². The lowest BCUT2D eigenvalue weighted by Gasteiger charge is -2.30. The van der Waals surface area contributed by atoms with Crippen molar-refractivity contribution in [2.45, 2.75) is 18.9 Å². The second kappa shape index (κ2) is 8.00. The first-order valence-electron chi connectivity index (χ1n) is 9.34. The molecule has 2 aromatic heterocycles. The number of aromatic nitrogens is 3. The topological polar surface area (TPSA) is 113 Å². The molecule has 0 amide bonds. The van der Waals surface area contributed by atoms with Gasteiger partial charge >= 0.3 is 5.97 Å². The highest BCUT2D eigenvalue weighted by atomic mass is 19.1. The van der Waals surface area contributed by atoms with E-state index in [4.69, 9.17) is 0 Å². The Hall–Kier alpha value is -3.27. The molecule has 2 fully saturated rings. The minimum Gasteiger partial charge on any atom is -0.477 e. The number of hydrogen-bond donors (Lipinski definition) is 2. The van der Waals surface area contributed by atoms with Crippen LogP contribution >= 0.6 is 0 Å². The lowest BCUT2D eigenvalue weighted by atomic mass is 10.1. The molecule has 1 aliphatic heterocycles. The van der Waals surface area contributed by atoms with Crippen molar-refractivity contribution in [1.29, 1.82) is 0 Å². The van der Waals surface area contributed by atoms with E-state index < -0.39 is 17.2 Å². The number of nitrogens with one attached hydrogen (secondary N) is 1. The fraction of sp³-hybridized carbons (Fsp3) is 0.368. The van der Waals surface area contributed by atoms with Gasteiger partial charge in [0.05, 0.1) is 17.4 Å². The van der Waals surface area contributed by atoms with Gasteiger partial charge in [-0.2, -0.15) is 0 Å². The Labute approximate surface area is 164 Å². The summed E-state index contributed by atoms with van der Waals surface area (Å²) >= 11 is 0. The third-order valence-corrected chi connectivity index (χ3v) is 5.01. The van der Waals surface area contributed by atoms with Crippen LogP contribution in [0, 0.1) is 5.82 Å². The van der Waals surface area contributed by atoms with Crippen LogP contribution in [-0.4, -0.2) is 52.2 Å². The van der Waals surface area contributed by atoms with Crippen molar-refractivity contribution < 1.29 is 18.8 Å². The number of pyridine rings is 1. The predicted octanol–water partition coefficient (Wildman–Crippen LogP) is 1.65. The number of carboxylic acid groups (broad SMARTS) is 1. The minimum atomic E-state index is -1.28. The van der Waals surface area contributed by atoms with E-state index in [1.54, 1.807) is 6.07 Å². The molecule has 0 unspecified atom stereocenters. The molecule has 2 aliphatic rings. The average molecular weight is 401 g/mol. The summed E-state index contributed by atoms with van der Waals surface area (Å²) in [4.78, 5) is 25.7. The number of rotatable bonds is 3. The number of piperazine rings is 1. The molecule has 0 bridgehead atoms. The van der Waals surface area contributed by atoms with Gasteiger partial charge in [-0.1, -0.05) is 0 Å². The number of fused-ring (bicyclic) bond motifs is 1. The molecule has 29 heavy (non-hydrogen) atoms. The molecule has 0 radical (unpaired) electrons. The van der Waals surface area contributed by atoms with E-state index in [2.05, 4.69) is 20.2 Å². The molecule has 2 N–H and O–H groups in total. The number of benzene rings is 1. The van der Waals surface area contributed by atoms with E-state index in [1.807, 2.05) is 9.47 Å². The molecule has 1 aromatic carbocycles. The van der Waals surface area contributed by atoms with E-state index in [9.17, 15) is 19.1 Å². The quantitative estimate of drug-likeness (QED) is 0.681. The highest BCUT2D eigenvalue weighted by Gasteiger charge is 2.28. The first kappa shape index (κ1) is 19.1. The maximum absolute atomic E-state index is 14.6. The van der Waals surface area contributed by atoms with Crippen molar-refractivity contribution in [3.63, 3.8) is 0 Å². The number of carboxylic acids is 1. The molecule has 0 atom stereocenters. The molecule has 1 aliphatic carbocycles. The standard InChI is InChI=1S/C17H18FN3O3.C2H2N2O/c18-13-7-11-14(8-15(13)20-5-3-19-4-6-20)21(10-1-2-10)9-12(16(11)22)17(23)24;1-2-5-4-3-1/h7-10,19H,1-6H2,(H,23,24);1-2H. The third kappa shape index (κ3) is 3.97. The van der Waals surface area contributed by atoms with Crippen LogP contribution in [0.3, 0.4) is 0 Å². The molecule has 1 saturated heterocycles. The molecule has 9 nitrogen and oxygen atoms in total. The van der Waals surface area contributed by atoms with Crippen molar-refractivity contribution in [2.24, 2.45) is 0 Å². The largest absolute Gasteiger partial charge is 0.477 e. The Balaban J connectivity index is 0.000000359. The molecule has 0 spiro atoms. The highest BCUT2D eigenvalue weighted by molar-refractivity contribution is 5.93. The van der Waals surface area contributed by atoms with E-state index in [-0.39, 0.29) is 17.0 Å². The number of hydrogen-bond acceptors (Lipinski definition) is 7. The van der Waals surface area contributed by atoms with Gasteiger partial charge in [0.25, 0.3) is 0 Å². The van der Waals surface area contributed by atoms with E-state index >= 15 is 0 Å². The smallest absolute Gasteiger partial charge is 0.341 e. The molecule has 5 rings (SSSR count). The highest BCUT2D eigenvalue weighted by Crippen LogP contribution is 2.38. The van der Waals surface area contributed by atoms with Gasteiger partial charge in [0.1, 0.15) is 17.6 Å². The first-order chi connectivity index (χ1) is 14.1. The van der Waals surface area contributed by atoms with Crippen LogP contribution in [0.15, 0.2) is 40.1 Å². The predicted molar refractivity (Wildman–Crippen MR) is 103 cm³/mol. The zero-order chi connectivity index (χ0) is 20.4. The van der Waals surface area contributed by atoms with Gasteiger partial charge in [-0.3, -0.25) is 4.79 Å². The van der Waals surface area contributed by atoms with Gasteiger partial charge in [-0.25, -0.2) is 9.18 Å². The Morgan fingerprint density at radius 2 is 2.03 bits per heavy atom. The molecule has 3 aromatic rings. The number of nitrogens with zero attached hydrogens (tertiary/aromatic N) is 4. The van der Waals surface area contributed by atoms with Crippen molar-refractivity contribution in [3.05, 3.63) is 52.4 Å². The summed E-state index contributed by atoms with van der Waals surface area (Å²) in [7, 11) is 0. The Morgan fingerprint density at radius 3 is 2.59 bits per heavy atom. The minimum absolute atomic E-state index is 0.137. The number of anilines is 1. The second-order valence-corrected chi connectivity index (χ2v) is 6.96. The summed E-state index contributed by atoms with van der Waals surface area (Å²) in [5.74, 6) is -1.76. The van der Waals surface area contributed by atoms with Gasteiger partial charge in [-0.05, 0) is 25.0 Å². The summed E-state index contributed by atoms with van der Waals surface area (Å²) in [5, 5.41) is 19.0. The summed E-state index contributed by atoms with van der Waals surface area (Å²) < 4.78 is 20.7. The average Bonchev–Trinajstić information content (AvgIpc) is 3.38. The molecule has 1 saturated carbocycles. The Morgan fingerprint density at radius 1 is 1.28 bits per heavy atom. The van der Waals surface area contributed by atoms with Crippen molar-refractivity contribution in [2.75, 3.05) is 31.1 Å². The number of halogens is 1. The maximum atomic E-state index is 14.6. The summed E-state index contributed by atoms with van der Waals surface area (Å²) in [6.45, 7) is 2.96. The van der Waals surface area contributed by atoms with Crippen LogP contribution in [0.2, 0.25) is 0 Å². The number of aromatic carboxylic acids is 1. The normalized spacial score (nSPS) is 16.4. The molecular weight excluding hydrogens is 381 g/mol. The monoisotopic (exact) mass is 401 g/mol. The van der Waals surface area contributed by atoms with Crippen LogP contribution in [0.1, 0.15) is 29.2 Å². The lowest BCUT2D eigenvalue weighted by molar-refractivity contribution is 0.0695. The molecule has 10 heteroatoms. The molecular formula is C19H20FN5O4. The van der Waals surface area contributed by atoms with Crippen LogP contribution in [-0.2, 0) is 0 Å². The Kier molecular flexibility index (Phi) is 5.26. The zero-order valence-corrected chi connectivity index (χ0v) is 15.5. The van der Waals surface area contributed by atoms with Crippen LogP contribution in [0.5, 0.6) is 0 Å². The summed E-state index contributed by atoms with van der Waals surface area (Å²) in [5.41, 5.74) is 0.159. The zero-order valence-electron chi connectivity index (χ0n) is 15.5. The fourth-order valence-corrected chi connectivity index (χ4v) is 3.45. The van der Waals surface area contributed by atoms with Crippen LogP contribution in [0.4, 0.5) is 10.1 Å². The van der Waals surface area contributed by atoms with Crippen molar-refractivity contribution in [1.82, 2.24) is 20.3 Å². The summed E-state index contributed by atoms with van der Waals surface area (Å²) in [6, 6.07) is 3.08. The lowest BCUT2D eigenvalue weighted by Crippen LogP contribution is -2.43. The van der Waals surface area contributed by atoms with Crippen LogP contribution in [0.25, 0.3) is 10.9 Å². The first-order valence-corrected chi connectivity index (χ1v) is 9.34. The van der Waals surface area contributed by atoms with Gasteiger partial charge < -0.3 is 24.4 Å². The summed E-state index contributed by atoms with van der Waals surface area (Å²) in [6.07, 6.45) is 6.17. The van der Waals surface area contributed by atoms with E-state index in [1.165, 1.54) is 24.7 Å². The SMILES string of the molecule is O=C(O)c1cn(C2CC2)c2cc(N3CCNCC3)c(F)cc2c1=O.c1conn1. The third-order valence-electron chi connectivity index (χ3n) is 5.01. The molecule has 3 heterocycles. The van der Waals surface area contributed by atoms with Gasteiger partial charge in [0.15, 0.2) is 0 Å². The molecule has 152 valence electrons.